The lowest BCUT2D eigenvalue weighted by atomic mass is 10.1. The van der Waals surface area contributed by atoms with Crippen molar-refractivity contribution >= 4 is 86.3 Å². The number of rotatable bonds is 3. The molecule has 5 aromatic carbocycles. The predicted octanol–water partition coefficient (Wildman–Crippen LogP) is 10.6. The van der Waals surface area contributed by atoms with Crippen molar-refractivity contribution < 1.29 is 0 Å². The minimum atomic E-state index is 0.690. The largest absolute Gasteiger partial charge is 0.307 e. The molecule has 11 rings (SSSR count). The Morgan fingerprint density at radius 3 is 1.69 bits per heavy atom. The monoisotopic (exact) mass is 644 g/mol. The molecule has 0 atom stereocenters. The van der Waals surface area contributed by atoms with Crippen molar-refractivity contribution in [1.82, 2.24) is 29.1 Å². The fourth-order valence-electron chi connectivity index (χ4n) is 7.49. The van der Waals surface area contributed by atoms with Gasteiger partial charge in [-0.15, -0.1) is 11.3 Å². The molecule has 11 aromatic rings. The van der Waals surface area contributed by atoms with E-state index in [0.29, 0.717) is 5.82 Å². The van der Waals surface area contributed by atoms with Crippen molar-refractivity contribution in [2.24, 2.45) is 0 Å². The first-order valence-corrected chi connectivity index (χ1v) is 17.1. The summed E-state index contributed by atoms with van der Waals surface area (Å²) in [6.07, 6.45) is 4.04. The summed E-state index contributed by atoms with van der Waals surface area (Å²) in [4.78, 5) is 21.0. The maximum absolute atomic E-state index is 5.39. The van der Waals surface area contributed by atoms with Crippen LogP contribution in [0.2, 0.25) is 0 Å². The van der Waals surface area contributed by atoms with Gasteiger partial charge in [-0.05, 0) is 30.3 Å². The van der Waals surface area contributed by atoms with E-state index < -0.39 is 0 Å². The average Bonchev–Trinajstić information content (AvgIpc) is 3.83. The first-order chi connectivity index (χ1) is 24.3. The standard InChI is InChI=1S/C42H24N6S/c1-3-13-25(14-4-1)41-45-35-29-19-9-12-22-34(29)49-40(35)42(46-41)48-33-21-11-8-18-28(33)31-24-43-36-37(39(31)48)44-23-30-27-17-7-10-20-32(27)47(38(30)36)26-15-5-2-6-16-26/h1-24H. The van der Waals surface area contributed by atoms with E-state index in [1.165, 1.54) is 4.70 Å². The van der Waals surface area contributed by atoms with E-state index in [1.54, 1.807) is 11.3 Å². The molecule has 7 heteroatoms. The van der Waals surface area contributed by atoms with Crippen LogP contribution in [0.1, 0.15) is 0 Å². The summed E-state index contributed by atoms with van der Waals surface area (Å²) >= 11 is 1.73. The summed E-state index contributed by atoms with van der Waals surface area (Å²) in [7, 11) is 0. The summed E-state index contributed by atoms with van der Waals surface area (Å²) in [5.41, 5.74) is 8.87. The van der Waals surface area contributed by atoms with Crippen molar-refractivity contribution in [3.63, 3.8) is 0 Å². The zero-order valence-corrected chi connectivity index (χ0v) is 26.8. The Kier molecular flexibility index (Phi) is 5.45. The second kappa shape index (κ2) is 10.0. The lowest BCUT2D eigenvalue weighted by Crippen LogP contribution is -2.02. The molecule has 0 N–H and O–H groups in total. The zero-order valence-electron chi connectivity index (χ0n) is 25.9. The Morgan fingerprint density at radius 1 is 0.449 bits per heavy atom. The smallest absolute Gasteiger partial charge is 0.162 e. The van der Waals surface area contributed by atoms with Crippen LogP contribution in [-0.2, 0) is 0 Å². The number of thiophene rings is 1. The second-order valence-electron chi connectivity index (χ2n) is 12.3. The molecule has 0 aliphatic carbocycles. The van der Waals surface area contributed by atoms with Crippen LogP contribution >= 0.6 is 11.3 Å². The van der Waals surface area contributed by atoms with Crippen LogP contribution in [0.15, 0.2) is 146 Å². The molecule has 0 spiro atoms. The molecule has 0 bridgehead atoms. The van der Waals surface area contributed by atoms with Gasteiger partial charge in [0.1, 0.15) is 11.0 Å². The fourth-order valence-corrected chi connectivity index (χ4v) is 8.62. The predicted molar refractivity (Wildman–Crippen MR) is 202 cm³/mol. The third-order valence-electron chi connectivity index (χ3n) is 9.61. The lowest BCUT2D eigenvalue weighted by Gasteiger charge is -2.12. The van der Waals surface area contributed by atoms with Gasteiger partial charge in [-0.25, -0.2) is 9.97 Å². The minimum absolute atomic E-state index is 0.690. The highest BCUT2D eigenvalue weighted by Crippen LogP contribution is 2.43. The van der Waals surface area contributed by atoms with Gasteiger partial charge in [-0.3, -0.25) is 14.5 Å². The number of hydrogen-bond acceptors (Lipinski definition) is 5. The molecule has 0 unspecified atom stereocenters. The van der Waals surface area contributed by atoms with Gasteiger partial charge >= 0.3 is 0 Å². The molecule has 6 heterocycles. The van der Waals surface area contributed by atoms with Crippen LogP contribution in [-0.4, -0.2) is 29.1 Å². The summed E-state index contributed by atoms with van der Waals surface area (Å²) < 4.78 is 6.84. The molecule has 6 nitrogen and oxygen atoms in total. The highest BCUT2D eigenvalue weighted by atomic mass is 32.1. The van der Waals surface area contributed by atoms with Gasteiger partial charge in [0, 0.05) is 55.3 Å². The van der Waals surface area contributed by atoms with Crippen LogP contribution in [0, 0.1) is 0 Å². The van der Waals surface area contributed by atoms with E-state index >= 15 is 0 Å². The van der Waals surface area contributed by atoms with E-state index in [9.17, 15) is 0 Å². The van der Waals surface area contributed by atoms with E-state index in [2.05, 4.69) is 124 Å². The summed E-state index contributed by atoms with van der Waals surface area (Å²) in [6, 6.07) is 46.3. The van der Waals surface area contributed by atoms with Crippen molar-refractivity contribution in [2.75, 3.05) is 0 Å². The zero-order chi connectivity index (χ0) is 32.1. The molecule has 0 aliphatic rings. The highest BCUT2D eigenvalue weighted by Gasteiger charge is 2.24. The third-order valence-corrected chi connectivity index (χ3v) is 10.8. The molecular formula is C42H24N6S. The van der Waals surface area contributed by atoms with Crippen LogP contribution in [0.25, 0.3) is 97.8 Å². The topological polar surface area (TPSA) is 61.4 Å². The van der Waals surface area contributed by atoms with Crippen molar-refractivity contribution in [2.45, 2.75) is 0 Å². The SMILES string of the molecule is c1ccc(-c2nc(-n3c4ccccc4c4cnc5c(ncc6c7ccccc7n(-c7ccccc7)c65)c43)c3sc4ccccc4c3n2)cc1. The van der Waals surface area contributed by atoms with Gasteiger partial charge in [0.25, 0.3) is 0 Å². The molecule has 0 aliphatic heterocycles. The second-order valence-corrected chi connectivity index (χ2v) is 13.3. The Hall–Kier alpha value is -6.44. The fraction of sp³-hybridized carbons (Fsp3) is 0. The highest BCUT2D eigenvalue weighted by molar-refractivity contribution is 7.26. The van der Waals surface area contributed by atoms with Crippen LogP contribution in [0.3, 0.4) is 0 Å². The third kappa shape index (κ3) is 3.70. The van der Waals surface area contributed by atoms with E-state index in [-0.39, 0.29) is 0 Å². The van der Waals surface area contributed by atoms with Crippen molar-refractivity contribution in [1.29, 1.82) is 0 Å². The molecule has 0 saturated carbocycles. The Labute approximate surface area is 283 Å². The van der Waals surface area contributed by atoms with E-state index in [4.69, 9.17) is 19.9 Å². The minimum Gasteiger partial charge on any atom is -0.307 e. The normalized spacial score (nSPS) is 12.1. The van der Waals surface area contributed by atoms with Crippen LogP contribution in [0.5, 0.6) is 0 Å². The van der Waals surface area contributed by atoms with Gasteiger partial charge in [0.2, 0.25) is 0 Å². The molecule has 0 saturated heterocycles. The maximum atomic E-state index is 5.39. The van der Waals surface area contributed by atoms with Gasteiger partial charge in [0.15, 0.2) is 11.6 Å². The Morgan fingerprint density at radius 2 is 1.00 bits per heavy atom. The van der Waals surface area contributed by atoms with Gasteiger partial charge in [-0.2, -0.15) is 0 Å². The van der Waals surface area contributed by atoms with Gasteiger partial charge in [-0.1, -0.05) is 103 Å². The molecule has 228 valence electrons. The summed E-state index contributed by atoms with van der Waals surface area (Å²) in [6.45, 7) is 0. The number of pyridine rings is 2. The summed E-state index contributed by atoms with van der Waals surface area (Å²) in [5.74, 6) is 1.53. The van der Waals surface area contributed by atoms with E-state index in [1.807, 2.05) is 30.6 Å². The molecule has 49 heavy (non-hydrogen) atoms. The number of para-hydroxylation sites is 3. The molecule has 6 aromatic heterocycles. The molecule has 0 radical (unpaired) electrons. The number of hydrogen-bond donors (Lipinski definition) is 0. The maximum Gasteiger partial charge on any atom is 0.162 e. The lowest BCUT2D eigenvalue weighted by molar-refractivity contribution is 1.08. The quantitative estimate of drug-likeness (QED) is 0.192. The van der Waals surface area contributed by atoms with Crippen molar-refractivity contribution in [3.8, 4) is 22.9 Å². The number of aromatic nitrogens is 6. The number of nitrogens with zero attached hydrogens (tertiary/aromatic N) is 6. The number of fused-ring (bicyclic) bond motifs is 12. The first kappa shape index (κ1) is 26.6. The molecule has 0 fully saturated rings. The van der Waals surface area contributed by atoms with E-state index in [0.717, 1.165) is 87.3 Å². The Balaban J connectivity index is 1.34. The molecule has 0 amide bonds. The van der Waals surface area contributed by atoms with Crippen molar-refractivity contribution in [3.05, 3.63) is 146 Å². The first-order valence-electron chi connectivity index (χ1n) is 16.2. The Bertz CT molecular complexity index is 3100. The average molecular weight is 645 g/mol. The van der Waals surface area contributed by atoms with Crippen LogP contribution < -0.4 is 0 Å². The summed E-state index contributed by atoms with van der Waals surface area (Å²) in [5, 5.41) is 5.48. The van der Waals surface area contributed by atoms with Gasteiger partial charge in [0.05, 0.1) is 32.3 Å². The molecular weight excluding hydrogens is 621 g/mol. The van der Waals surface area contributed by atoms with Gasteiger partial charge < -0.3 is 4.57 Å². The van der Waals surface area contributed by atoms with Crippen LogP contribution in [0.4, 0.5) is 0 Å². The number of benzene rings is 5.